The second-order valence-corrected chi connectivity index (χ2v) is 12.5. The number of hydrogen-bond acceptors (Lipinski definition) is 8. The summed E-state index contributed by atoms with van der Waals surface area (Å²) in [5.41, 5.74) is 0. The Bertz CT molecular complexity index is 687. The summed E-state index contributed by atoms with van der Waals surface area (Å²) in [6, 6.07) is -0.709. The lowest BCUT2D eigenvalue weighted by molar-refractivity contribution is -0.125. The molecule has 0 radical (unpaired) electrons. The minimum absolute atomic E-state index is 0.0285. The van der Waals surface area contributed by atoms with Crippen LogP contribution < -0.4 is 5.32 Å². The summed E-state index contributed by atoms with van der Waals surface area (Å²) in [4.78, 5) is 52.0. The fourth-order valence-corrected chi connectivity index (χ4v) is 4.41. The van der Waals surface area contributed by atoms with Crippen LogP contribution in [0.2, 0.25) is 0 Å². The quantitative estimate of drug-likeness (QED) is 0.182. The zero-order valence-corrected chi connectivity index (χ0v) is 18.1. The SMILES string of the molecule is CO[C@@H]1[C@@H](COP(=O)(O)P(=O)(O)O)OC(N2CC(I)C(=O)NC2=O)[C@@H]1OC. The maximum Gasteiger partial charge on any atom is 0.438 e. The molecule has 2 rings (SSSR count). The van der Waals surface area contributed by atoms with Crippen molar-refractivity contribution in [3.8, 4) is 0 Å². The normalized spacial score (nSPS) is 34.4. The lowest BCUT2D eigenvalue weighted by atomic mass is 10.1. The van der Waals surface area contributed by atoms with Gasteiger partial charge in [-0.3, -0.25) is 19.5 Å². The van der Waals surface area contributed by atoms with Gasteiger partial charge < -0.3 is 28.9 Å². The van der Waals surface area contributed by atoms with Crippen LogP contribution in [0.4, 0.5) is 4.79 Å². The number of ether oxygens (including phenoxy) is 3. The first kappa shape index (κ1) is 23.1. The molecule has 0 bridgehead atoms. The summed E-state index contributed by atoms with van der Waals surface area (Å²) >= 11 is 1.85. The van der Waals surface area contributed by atoms with Gasteiger partial charge in [-0.1, -0.05) is 22.6 Å². The number of carbonyl (C=O) groups is 2. The highest BCUT2D eigenvalue weighted by atomic mass is 127. The van der Waals surface area contributed by atoms with Gasteiger partial charge in [0.2, 0.25) is 5.91 Å². The Morgan fingerprint density at radius 2 is 1.81 bits per heavy atom. The van der Waals surface area contributed by atoms with Gasteiger partial charge in [0.1, 0.15) is 22.2 Å². The molecule has 4 N–H and O–H groups in total. The van der Waals surface area contributed by atoms with Gasteiger partial charge in [0.05, 0.1) is 6.61 Å². The molecule has 2 heterocycles. The number of alkyl halides is 1. The molecule has 3 amide bonds. The Kier molecular flexibility index (Phi) is 7.45. The Labute approximate surface area is 167 Å². The molecule has 0 aliphatic carbocycles. The number of amides is 3. The van der Waals surface area contributed by atoms with E-state index in [1.807, 2.05) is 22.6 Å². The first-order chi connectivity index (χ1) is 12.4. The maximum atomic E-state index is 12.1. The van der Waals surface area contributed by atoms with Gasteiger partial charge in [0.25, 0.3) is 0 Å². The molecule has 13 nitrogen and oxygen atoms in total. The summed E-state index contributed by atoms with van der Waals surface area (Å²) in [5, 5.41) is 2.17. The highest BCUT2D eigenvalue weighted by molar-refractivity contribution is 14.1. The van der Waals surface area contributed by atoms with Crippen molar-refractivity contribution >= 4 is 49.1 Å². The number of imide groups is 1. The predicted octanol–water partition coefficient (Wildman–Crippen LogP) is -0.609. The number of hydrogen-bond donors (Lipinski definition) is 4. The van der Waals surface area contributed by atoms with Gasteiger partial charge in [-0.15, -0.1) is 0 Å². The third-order valence-corrected chi connectivity index (χ3v) is 8.43. The monoisotopic (exact) mass is 544 g/mol. The summed E-state index contributed by atoms with van der Waals surface area (Å²) < 4.78 is 42.8. The predicted molar refractivity (Wildman–Crippen MR) is 96.1 cm³/mol. The molecular weight excluding hydrogens is 525 g/mol. The van der Waals surface area contributed by atoms with Crippen molar-refractivity contribution in [1.82, 2.24) is 10.2 Å². The highest BCUT2D eigenvalue weighted by Crippen LogP contribution is 2.74. The van der Waals surface area contributed by atoms with E-state index in [-0.39, 0.29) is 6.54 Å². The molecule has 2 saturated heterocycles. The molecule has 0 aromatic rings. The molecule has 0 aromatic carbocycles. The largest absolute Gasteiger partial charge is 0.438 e. The molecule has 16 heteroatoms. The van der Waals surface area contributed by atoms with E-state index >= 15 is 0 Å². The molecule has 2 aliphatic rings. The fourth-order valence-electron chi connectivity index (χ4n) is 2.69. The van der Waals surface area contributed by atoms with Crippen LogP contribution in [0.5, 0.6) is 0 Å². The van der Waals surface area contributed by atoms with E-state index in [0.717, 1.165) is 0 Å². The second-order valence-electron chi connectivity index (χ2n) is 5.68. The summed E-state index contributed by atoms with van der Waals surface area (Å²) in [7, 11) is -7.98. The van der Waals surface area contributed by atoms with Crippen molar-refractivity contribution < 1.29 is 52.1 Å². The van der Waals surface area contributed by atoms with E-state index < -0.39 is 61.6 Å². The summed E-state index contributed by atoms with van der Waals surface area (Å²) in [6.07, 6.45) is -3.82. The molecule has 156 valence electrons. The average Bonchev–Trinajstić information content (AvgIpc) is 2.92. The molecule has 27 heavy (non-hydrogen) atoms. The smallest absolute Gasteiger partial charge is 0.376 e. The second kappa shape index (κ2) is 8.69. The van der Waals surface area contributed by atoms with Crippen LogP contribution in [0, 0.1) is 0 Å². The third kappa shape index (κ3) is 4.89. The van der Waals surface area contributed by atoms with E-state index in [0.29, 0.717) is 0 Å². The highest BCUT2D eigenvalue weighted by Gasteiger charge is 2.52. The van der Waals surface area contributed by atoms with Crippen LogP contribution in [-0.4, -0.2) is 87.4 Å². The average molecular weight is 544 g/mol. The third-order valence-electron chi connectivity index (χ3n) is 4.01. The van der Waals surface area contributed by atoms with Crippen LogP contribution in [0.1, 0.15) is 0 Å². The van der Waals surface area contributed by atoms with Crippen LogP contribution in [0.3, 0.4) is 0 Å². The minimum atomic E-state index is -5.39. The standard InChI is InChI=1S/C11H19IN2O11P2/c1-22-7-6(4-24-27(20,21)26(17,18)19)25-10(8(7)23-2)14-3-5(12)9(15)13-11(14)16/h5-8,10H,3-4H2,1-2H3,(H,20,21)(H,13,15,16)(H2,17,18,19)/t5?,6-,7-,8-,10?/m1/s1. The van der Waals surface area contributed by atoms with Gasteiger partial charge in [-0.05, 0) is 0 Å². The van der Waals surface area contributed by atoms with E-state index in [1.165, 1.54) is 19.1 Å². The van der Waals surface area contributed by atoms with Crippen LogP contribution in [0.25, 0.3) is 0 Å². The fraction of sp³-hybridized carbons (Fsp3) is 0.818. The van der Waals surface area contributed by atoms with E-state index in [9.17, 15) is 23.6 Å². The van der Waals surface area contributed by atoms with Gasteiger partial charge in [-0.2, -0.15) is 0 Å². The molecule has 3 unspecified atom stereocenters. The maximum absolute atomic E-state index is 12.1. The Hall–Kier alpha value is -0.150. The zero-order valence-electron chi connectivity index (χ0n) is 14.1. The minimum Gasteiger partial charge on any atom is -0.376 e. The van der Waals surface area contributed by atoms with Gasteiger partial charge in [0.15, 0.2) is 6.23 Å². The molecule has 6 atom stereocenters. The topological polar surface area (TPSA) is 181 Å². The van der Waals surface area contributed by atoms with Crippen molar-refractivity contribution in [3.05, 3.63) is 0 Å². The number of methoxy groups -OCH3 is 2. The van der Waals surface area contributed by atoms with Crippen LogP contribution in [0.15, 0.2) is 0 Å². The number of halogens is 1. The first-order valence-corrected chi connectivity index (χ1v) is 12.6. The van der Waals surface area contributed by atoms with Gasteiger partial charge >= 0.3 is 20.6 Å². The molecule has 2 fully saturated rings. The number of rotatable bonds is 7. The summed E-state index contributed by atoms with van der Waals surface area (Å²) in [6.45, 7) is -0.670. The van der Waals surface area contributed by atoms with Crippen molar-refractivity contribution in [2.24, 2.45) is 0 Å². The molecule has 0 spiro atoms. The lowest BCUT2D eigenvalue weighted by Crippen LogP contribution is -2.60. The number of urea groups is 1. The summed E-state index contributed by atoms with van der Waals surface area (Å²) in [5.74, 6) is -0.449. The number of nitrogens with zero attached hydrogens (tertiary/aromatic N) is 1. The Morgan fingerprint density at radius 1 is 1.22 bits per heavy atom. The lowest BCUT2D eigenvalue weighted by Gasteiger charge is -2.35. The first-order valence-electron chi connectivity index (χ1n) is 7.43. The molecule has 0 saturated carbocycles. The van der Waals surface area contributed by atoms with Crippen molar-refractivity contribution in [1.29, 1.82) is 0 Å². The van der Waals surface area contributed by atoms with Crippen LogP contribution in [-0.2, 0) is 32.7 Å². The van der Waals surface area contributed by atoms with Gasteiger partial charge in [0, 0.05) is 20.8 Å². The number of nitrogens with one attached hydrogen (secondary N) is 1. The van der Waals surface area contributed by atoms with Crippen molar-refractivity contribution in [2.45, 2.75) is 28.5 Å². The molecular formula is C11H19IN2O11P2. The van der Waals surface area contributed by atoms with Crippen molar-refractivity contribution in [3.63, 3.8) is 0 Å². The van der Waals surface area contributed by atoms with E-state index in [4.69, 9.17) is 24.0 Å². The van der Waals surface area contributed by atoms with Crippen molar-refractivity contribution in [2.75, 3.05) is 27.4 Å². The Morgan fingerprint density at radius 3 is 2.33 bits per heavy atom. The van der Waals surface area contributed by atoms with E-state index in [1.54, 1.807) is 0 Å². The molecule has 0 aromatic heterocycles. The molecule has 2 aliphatic heterocycles. The number of carbonyl (C=O) groups excluding carboxylic acids is 2. The van der Waals surface area contributed by atoms with Crippen LogP contribution >= 0.6 is 37.2 Å². The Balaban J connectivity index is 2.17. The van der Waals surface area contributed by atoms with E-state index in [2.05, 4.69) is 9.84 Å². The van der Waals surface area contributed by atoms with Gasteiger partial charge in [-0.25, -0.2) is 13.9 Å². The zero-order chi connectivity index (χ0) is 20.6.